The minimum atomic E-state index is -4.56. The van der Waals surface area contributed by atoms with Gasteiger partial charge in [0.1, 0.15) is 0 Å². The Kier molecular flexibility index (Phi) is 3.30. The summed E-state index contributed by atoms with van der Waals surface area (Å²) in [7, 11) is 0. The fourth-order valence-electron chi connectivity index (χ4n) is 0.488. The van der Waals surface area contributed by atoms with Gasteiger partial charge in [-0.1, -0.05) is 6.92 Å². The molecule has 0 saturated heterocycles. The van der Waals surface area contributed by atoms with Crippen LogP contribution in [0.1, 0.15) is 13.3 Å². The molecule has 0 radical (unpaired) electrons. The van der Waals surface area contributed by atoms with E-state index in [1.54, 1.807) is 0 Å². The summed E-state index contributed by atoms with van der Waals surface area (Å²) < 4.78 is 52.9. The molecule has 0 spiro atoms. The molecule has 0 aromatic carbocycles. The molecule has 0 aliphatic carbocycles. The first kappa shape index (κ1) is 9.90. The summed E-state index contributed by atoms with van der Waals surface area (Å²) in [5.74, 6) is 0. The number of hydrogen-bond acceptors (Lipinski definition) is 1. The summed E-state index contributed by atoms with van der Waals surface area (Å²) in [5.41, 5.74) is 0. The molecule has 0 aliphatic heterocycles. The minimum absolute atomic E-state index is 0.368. The van der Waals surface area contributed by atoms with E-state index in [9.17, 15) is 17.4 Å². The minimum Gasteiger partial charge on any atom is -0.306 e. The van der Waals surface area contributed by atoms with Gasteiger partial charge in [-0.2, -0.15) is 13.2 Å². The quantitative estimate of drug-likeness (QED) is 0.648. The Balaban J connectivity index is 4.22. The molecule has 0 fully saturated rings. The van der Waals surface area contributed by atoms with Crippen LogP contribution in [0, 0.1) is 0 Å². The lowest BCUT2D eigenvalue weighted by Crippen LogP contribution is -2.31. The van der Waals surface area contributed by atoms with Crippen molar-refractivity contribution in [2.24, 2.45) is 0 Å². The van der Waals surface area contributed by atoms with E-state index < -0.39 is 22.5 Å². The second kappa shape index (κ2) is 3.34. The third-order valence-electron chi connectivity index (χ3n) is 0.979. The predicted octanol–water partition coefficient (Wildman–Crippen LogP) is 1.55. The van der Waals surface area contributed by atoms with Crippen LogP contribution in [0.2, 0.25) is 0 Å². The van der Waals surface area contributed by atoms with Crippen molar-refractivity contribution in [1.82, 2.24) is 0 Å². The molecular weight excluding hydrogens is 169 g/mol. The van der Waals surface area contributed by atoms with E-state index in [1.165, 1.54) is 6.92 Å². The predicted molar refractivity (Wildman–Crippen MR) is 30.9 cm³/mol. The average molecular weight is 176 g/mol. The van der Waals surface area contributed by atoms with E-state index in [4.69, 9.17) is 4.55 Å². The zero-order chi connectivity index (χ0) is 8.36. The first-order valence-corrected chi connectivity index (χ1v) is 3.73. The largest absolute Gasteiger partial charge is 0.405 e. The van der Waals surface area contributed by atoms with Crippen LogP contribution >= 0.6 is 0 Å². The topological polar surface area (TPSA) is 37.3 Å². The summed E-state index contributed by atoms with van der Waals surface area (Å²) in [4.78, 5) is 0. The van der Waals surface area contributed by atoms with Gasteiger partial charge >= 0.3 is 6.18 Å². The molecule has 0 aromatic rings. The summed E-state index contributed by atoms with van der Waals surface area (Å²) in [6.07, 6.45) is -4.93. The van der Waals surface area contributed by atoms with Crippen molar-refractivity contribution in [3.8, 4) is 0 Å². The van der Waals surface area contributed by atoms with Crippen molar-refractivity contribution < 1.29 is 21.9 Å². The molecule has 1 N–H and O–H groups in total. The molecule has 2 nitrogen and oxygen atoms in total. The first-order valence-electron chi connectivity index (χ1n) is 2.56. The molecule has 0 aliphatic rings. The van der Waals surface area contributed by atoms with Crippen LogP contribution in [0.25, 0.3) is 0 Å². The van der Waals surface area contributed by atoms with Crippen LogP contribution in [-0.4, -0.2) is 20.2 Å². The molecule has 0 saturated carbocycles. The number of halogens is 3. The molecule has 0 bridgehead atoms. The molecule has 0 heterocycles. The highest BCUT2D eigenvalue weighted by atomic mass is 32.2. The molecular formula is C4H7F3O2S. The zero-order valence-corrected chi connectivity index (χ0v) is 6.00. The van der Waals surface area contributed by atoms with Gasteiger partial charge in [0, 0.05) is 0 Å². The second-order valence-corrected chi connectivity index (χ2v) is 2.84. The van der Waals surface area contributed by atoms with Gasteiger partial charge in [-0.05, 0) is 6.42 Å². The molecule has 2 atom stereocenters. The van der Waals surface area contributed by atoms with Gasteiger partial charge in [0.2, 0.25) is 0 Å². The maximum absolute atomic E-state index is 11.6. The van der Waals surface area contributed by atoms with Gasteiger partial charge in [-0.15, -0.1) is 0 Å². The lowest BCUT2D eigenvalue weighted by Gasteiger charge is -2.13. The van der Waals surface area contributed by atoms with Crippen LogP contribution in [0.4, 0.5) is 13.2 Å². The maximum atomic E-state index is 11.6. The Morgan fingerprint density at radius 2 is 2.00 bits per heavy atom. The van der Waals surface area contributed by atoms with Crippen LogP contribution in [0.5, 0.6) is 0 Å². The molecule has 62 valence electrons. The summed E-state index contributed by atoms with van der Waals surface area (Å²) >= 11 is -2.80. The summed E-state index contributed by atoms with van der Waals surface area (Å²) in [5, 5.41) is -2.10. The molecule has 0 rings (SSSR count). The van der Waals surface area contributed by atoms with E-state index >= 15 is 0 Å². The smallest absolute Gasteiger partial charge is 0.306 e. The number of hydrogen-bond donors (Lipinski definition) is 1. The van der Waals surface area contributed by atoms with Crippen LogP contribution < -0.4 is 0 Å². The van der Waals surface area contributed by atoms with E-state index in [0.717, 1.165) is 0 Å². The Morgan fingerprint density at radius 3 is 2.00 bits per heavy atom. The van der Waals surface area contributed by atoms with E-state index in [0.29, 0.717) is 0 Å². The van der Waals surface area contributed by atoms with Crippen molar-refractivity contribution >= 4 is 11.1 Å². The van der Waals surface area contributed by atoms with Gasteiger partial charge in [0.05, 0.1) is 0 Å². The van der Waals surface area contributed by atoms with Crippen molar-refractivity contribution in [3.05, 3.63) is 0 Å². The van der Waals surface area contributed by atoms with Crippen LogP contribution in [-0.2, 0) is 11.1 Å². The Labute approximate surface area is 58.7 Å². The van der Waals surface area contributed by atoms with Gasteiger partial charge < -0.3 is 4.55 Å². The normalized spacial score (nSPS) is 18.5. The van der Waals surface area contributed by atoms with Crippen molar-refractivity contribution in [3.63, 3.8) is 0 Å². The lowest BCUT2D eigenvalue weighted by molar-refractivity contribution is -0.130. The van der Waals surface area contributed by atoms with E-state index in [2.05, 4.69) is 0 Å². The molecule has 0 amide bonds. The monoisotopic (exact) mass is 176 g/mol. The van der Waals surface area contributed by atoms with Gasteiger partial charge in [-0.25, -0.2) is 4.21 Å². The fraction of sp³-hybridized carbons (Fsp3) is 1.00. The van der Waals surface area contributed by atoms with Crippen LogP contribution in [0.3, 0.4) is 0 Å². The number of alkyl halides is 3. The van der Waals surface area contributed by atoms with Crippen molar-refractivity contribution in [1.29, 1.82) is 0 Å². The van der Waals surface area contributed by atoms with Gasteiger partial charge in [0.25, 0.3) is 0 Å². The van der Waals surface area contributed by atoms with E-state index in [1.807, 2.05) is 0 Å². The summed E-state index contributed by atoms with van der Waals surface area (Å²) in [6, 6.07) is 0. The zero-order valence-electron chi connectivity index (χ0n) is 5.18. The first-order chi connectivity index (χ1) is 4.39. The SMILES string of the molecule is CCC(S(=O)O)C(F)(F)F. The average Bonchev–Trinajstić information content (AvgIpc) is 1.60. The standard InChI is InChI=1S/C4H7F3O2S/c1-2-3(10(8)9)4(5,6)7/h3H,2H2,1H3,(H,8,9). The van der Waals surface area contributed by atoms with Gasteiger partial charge in [-0.3, -0.25) is 0 Å². The Morgan fingerprint density at radius 1 is 1.60 bits per heavy atom. The van der Waals surface area contributed by atoms with E-state index in [-0.39, 0.29) is 6.42 Å². The maximum Gasteiger partial charge on any atom is 0.405 e. The fourth-order valence-corrected chi connectivity index (χ4v) is 1.00. The highest BCUT2D eigenvalue weighted by Crippen LogP contribution is 2.25. The van der Waals surface area contributed by atoms with Crippen molar-refractivity contribution in [2.75, 3.05) is 0 Å². The lowest BCUT2D eigenvalue weighted by atomic mass is 10.3. The second-order valence-electron chi connectivity index (χ2n) is 1.71. The molecule has 6 heteroatoms. The number of rotatable bonds is 2. The highest BCUT2D eigenvalue weighted by molar-refractivity contribution is 7.80. The molecule has 2 unspecified atom stereocenters. The van der Waals surface area contributed by atoms with Crippen LogP contribution in [0.15, 0.2) is 0 Å². The Hall–Kier alpha value is -0.100. The highest BCUT2D eigenvalue weighted by Gasteiger charge is 2.42. The molecule has 0 aromatic heterocycles. The van der Waals surface area contributed by atoms with Gasteiger partial charge in [0.15, 0.2) is 16.3 Å². The third-order valence-corrected chi connectivity index (χ3v) is 2.07. The molecule has 10 heavy (non-hydrogen) atoms. The Bertz CT molecular complexity index is 133. The summed E-state index contributed by atoms with van der Waals surface area (Å²) in [6.45, 7) is 1.21. The van der Waals surface area contributed by atoms with Crippen molar-refractivity contribution in [2.45, 2.75) is 24.8 Å². The third kappa shape index (κ3) is 2.66.